The molecule has 11 nitrogen and oxygen atoms in total. The Hall–Kier alpha value is -1.33. The quantitative estimate of drug-likeness (QED) is 0.532. The number of ether oxygens (including phenoxy) is 3. The van der Waals surface area contributed by atoms with Crippen LogP contribution < -0.4 is 11.2 Å². The minimum Gasteiger partial charge on any atom is -0.374 e. The summed E-state index contributed by atoms with van der Waals surface area (Å²) in [4.78, 5) is 43.6. The lowest BCUT2D eigenvalue weighted by molar-refractivity contribution is -0.101. The van der Waals surface area contributed by atoms with Gasteiger partial charge >= 0.3 is 13.5 Å². The Morgan fingerprint density at radius 2 is 1.92 bits per heavy atom. The topological polar surface area (TPSA) is 149 Å². The van der Waals surface area contributed by atoms with Crippen LogP contribution in [0.5, 0.6) is 0 Å². The van der Waals surface area contributed by atoms with Crippen LogP contribution in [0.1, 0.15) is 27.0 Å². The lowest BCUT2D eigenvalue weighted by Gasteiger charge is -2.28. The lowest BCUT2D eigenvalue weighted by atomic mass is 10.1. The predicted octanol–water partition coefficient (Wildman–Crippen LogP) is -0.260. The predicted molar refractivity (Wildman–Crippen MR) is 88.6 cm³/mol. The molecule has 26 heavy (non-hydrogen) atoms. The van der Waals surface area contributed by atoms with E-state index in [1.54, 1.807) is 13.8 Å². The number of phosphoric acid groups is 1. The van der Waals surface area contributed by atoms with Crippen LogP contribution in [0, 0.1) is 0 Å². The number of nitrogens with one attached hydrogen (secondary N) is 1. The van der Waals surface area contributed by atoms with Crippen LogP contribution in [0.25, 0.3) is 0 Å². The van der Waals surface area contributed by atoms with Crippen molar-refractivity contribution < 1.29 is 33.1 Å². The Labute approximate surface area is 149 Å². The number of nitrogens with zero attached hydrogens (tertiary/aromatic N) is 1. The molecule has 3 N–H and O–H groups in total. The first-order chi connectivity index (χ1) is 12.0. The second-order valence-corrected chi connectivity index (χ2v) is 7.35. The van der Waals surface area contributed by atoms with Gasteiger partial charge < -0.3 is 24.0 Å². The molecule has 1 fully saturated rings. The van der Waals surface area contributed by atoms with Crippen LogP contribution in [0.15, 0.2) is 21.9 Å². The molecule has 1 aliphatic rings. The second-order valence-electron chi connectivity index (χ2n) is 6.16. The van der Waals surface area contributed by atoms with Gasteiger partial charge in [-0.3, -0.25) is 18.9 Å². The zero-order chi connectivity index (χ0) is 19.6. The van der Waals surface area contributed by atoms with Gasteiger partial charge in [0.15, 0.2) is 6.23 Å². The van der Waals surface area contributed by atoms with E-state index >= 15 is 0 Å². The standard InChI is InChI=1S/C14H23N2O9P/c1-7(2)23-11-10(8(3)25-26(19,20)21)24-13(12(11)22-4)16-6-5-9(17)15-14(16)18/h5-8,10-13H,1-4H3,(H,15,17,18)(H2,19,20,21)/t8-,10+,11?,12?,13+/m0/s1. The van der Waals surface area contributed by atoms with E-state index in [9.17, 15) is 14.2 Å². The number of H-pyrrole nitrogens is 1. The summed E-state index contributed by atoms with van der Waals surface area (Å²) < 4.78 is 34.1. The molecular weight excluding hydrogens is 371 g/mol. The van der Waals surface area contributed by atoms with Crippen LogP contribution in [-0.2, 0) is 23.3 Å². The molecular formula is C14H23N2O9P. The van der Waals surface area contributed by atoms with Crippen molar-refractivity contribution in [3.63, 3.8) is 0 Å². The summed E-state index contributed by atoms with van der Waals surface area (Å²) in [6.45, 7) is 4.97. The van der Waals surface area contributed by atoms with Crippen LogP contribution >= 0.6 is 7.82 Å². The van der Waals surface area contributed by atoms with Crippen molar-refractivity contribution in [1.29, 1.82) is 0 Å². The zero-order valence-electron chi connectivity index (χ0n) is 14.8. The first kappa shape index (κ1) is 21.0. The molecule has 0 aromatic carbocycles. The molecule has 0 radical (unpaired) electrons. The van der Waals surface area contributed by atoms with E-state index in [0.29, 0.717) is 0 Å². The van der Waals surface area contributed by atoms with Gasteiger partial charge in [-0.25, -0.2) is 9.36 Å². The van der Waals surface area contributed by atoms with Gasteiger partial charge in [0.25, 0.3) is 5.56 Å². The van der Waals surface area contributed by atoms with E-state index < -0.39 is 49.7 Å². The minimum atomic E-state index is -4.76. The summed E-state index contributed by atoms with van der Waals surface area (Å²) >= 11 is 0. The van der Waals surface area contributed by atoms with Crippen molar-refractivity contribution in [2.75, 3.05) is 7.11 Å². The zero-order valence-corrected chi connectivity index (χ0v) is 15.7. The number of rotatable bonds is 7. The van der Waals surface area contributed by atoms with E-state index in [4.69, 9.17) is 28.5 Å². The van der Waals surface area contributed by atoms with Crippen molar-refractivity contribution in [2.24, 2.45) is 0 Å². The van der Waals surface area contributed by atoms with Gasteiger partial charge in [-0.05, 0) is 20.8 Å². The Bertz CT molecular complexity index is 770. The summed E-state index contributed by atoms with van der Waals surface area (Å²) in [6, 6.07) is 1.15. The second kappa shape index (κ2) is 8.13. The third kappa shape index (κ3) is 4.89. The maximum Gasteiger partial charge on any atom is 0.469 e. The first-order valence-corrected chi connectivity index (χ1v) is 9.45. The van der Waals surface area contributed by atoms with Gasteiger partial charge in [0.1, 0.15) is 18.3 Å². The highest BCUT2D eigenvalue weighted by Gasteiger charge is 2.50. The smallest absolute Gasteiger partial charge is 0.374 e. The molecule has 148 valence electrons. The number of phosphoric ester groups is 1. The molecule has 2 rings (SSSR count). The fourth-order valence-electron chi connectivity index (χ4n) is 2.89. The van der Waals surface area contributed by atoms with Gasteiger partial charge in [0.2, 0.25) is 0 Å². The molecule has 0 aliphatic carbocycles. The van der Waals surface area contributed by atoms with Crippen molar-refractivity contribution in [3.8, 4) is 0 Å². The fourth-order valence-corrected chi connectivity index (χ4v) is 3.44. The van der Waals surface area contributed by atoms with Crippen molar-refractivity contribution in [1.82, 2.24) is 9.55 Å². The van der Waals surface area contributed by atoms with Gasteiger partial charge in [-0.15, -0.1) is 0 Å². The molecule has 2 heterocycles. The van der Waals surface area contributed by atoms with E-state index in [1.165, 1.54) is 20.2 Å². The van der Waals surface area contributed by atoms with Crippen LogP contribution in [-0.4, -0.2) is 57.0 Å². The summed E-state index contributed by atoms with van der Waals surface area (Å²) in [5.41, 5.74) is -1.28. The van der Waals surface area contributed by atoms with E-state index in [0.717, 1.165) is 10.6 Å². The number of hydrogen-bond acceptors (Lipinski definition) is 7. The van der Waals surface area contributed by atoms with Crippen molar-refractivity contribution in [3.05, 3.63) is 33.1 Å². The van der Waals surface area contributed by atoms with Crippen LogP contribution in [0.4, 0.5) is 0 Å². The average Bonchev–Trinajstić information content (AvgIpc) is 2.83. The molecule has 0 spiro atoms. The highest BCUT2D eigenvalue weighted by Crippen LogP contribution is 2.42. The lowest BCUT2D eigenvalue weighted by Crippen LogP contribution is -2.43. The number of methoxy groups -OCH3 is 1. The largest absolute Gasteiger partial charge is 0.469 e. The molecule has 1 saturated heterocycles. The molecule has 1 aromatic heterocycles. The average molecular weight is 394 g/mol. The van der Waals surface area contributed by atoms with E-state index in [-0.39, 0.29) is 6.10 Å². The normalized spacial score (nSPS) is 27.8. The molecule has 2 unspecified atom stereocenters. The molecule has 0 saturated carbocycles. The van der Waals surface area contributed by atoms with E-state index in [2.05, 4.69) is 4.98 Å². The Morgan fingerprint density at radius 1 is 1.27 bits per heavy atom. The number of aromatic nitrogens is 2. The van der Waals surface area contributed by atoms with Crippen LogP contribution in [0.2, 0.25) is 0 Å². The van der Waals surface area contributed by atoms with Gasteiger partial charge in [0.05, 0.1) is 12.2 Å². The molecule has 0 bridgehead atoms. The van der Waals surface area contributed by atoms with E-state index in [1.807, 2.05) is 0 Å². The molecule has 5 atom stereocenters. The Balaban J connectivity index is 2.40. The van der Waals surface area contributed by atoms with Crippen molar-refractivity contribution >= 4 is 7.82 Å². The summed E-state index contributed by atoms with van der Waals surface area (Å²) in [6.07, 6.45) is -3.53. The SMILES string of the molecule is COC1C(OC(C)C)[C@@H]([C@H](C)OP(=O)(O)O)O[C@H]1n1ccc(=O)[nH]c1=O. The monoisotopic (exact) mass is 394 g/mol. The van der Waals surface area contributed by atoms with Crippen LogP contribution in [0.3, 0.4) is 0 Å². The highest BCUT2D eigenvalue weighted by atomic mass is 31.2. The minimum absolute atomic E-state index is 0.253. The highest BCUT2D eigenvalue weighted by molar-refractivity contribution is 7.46. The molecule has 1 aliphatic heterocycles. The summed E-state index contributed by atoms with van der Waals surface area (Å²) in [5, 5.41) is 0. The molecule has 0 amide bonds. The maximum atomic E-state index is 12.1. The maximum absolute atomic E-state index is 12.1. The third-order valence-electron chi connectivity index (χ3n) is 3.82. The Morgan fingerprint density at radius 3 is 2.42 bits per heavy atom. The van der Waals surface area contributed by atoms with Crippen molar-refractivity contribution in [2.45, 2.75) is 57.5 Å². The van der Waals surface area contributed by atoms with Gasteiger partial charge in [-0.1, -0.05) is 0 Å². The third-order valence-corrected chi connectivity index (χ3v) is 4.43. The summed E-state index contributed by atoms with van der Waals surface area (Å²) in [7, 11) is -3.37. The number of hydrogen-bond donors (Lipinski definition) is 3. The number of aromatic amines is 1. The molecule has 12 heteroatoms. The Kier molecular flexibility index (Phi) is 6.56. The fraction of sp³-hybridized carbons (Fsp3) is 0.714. The van der Waals surface area contributed by atoms with Gasteiger partial charge in [0, 0.05) is 19.4 Å². The molecule has 1 aromatic rings. The van der Waals surface area contributed by atoms with Gasteiger partial charge in [-0.2, -0.15) is 0 Å². The first-order valence-electron chi connectivity index (χ1n) is 7.92. The summed E-state index contributed by atoms with van der Waals surface area (Å²) in [5.74, 6) is 0.